The van der Waals surface area contributed by atoms with Gasteiger partial charge in [-0.2, -0.15) is 0 Å². The summed E-state index contributed by atoms with van der Waals surface area (Å²) in [6, 6.07) is 10.3. The SMILES string of the molecule is CCC(=O)NCCCOc1cc[c]cc1. The van der Waals surface area contributed by atoms with Crippen LogP contribution in [0.5, 0.6) is 5.75 Å². The van der Waals surface area contributed by atoms with Gasteiger partial charge >= 0.3 is 0 Å². The molecule has 0 aromatic heterocycles. The molecule has 0 aliphatic heterocycles. The predicted molar refractivity (Wildman–Crippen MR) is 58.7 cm³/mol. The van der Waals surface area contributed by atoms with Gasteiger partial charge in [0.1, 0.15) is 5.75 Å². The fourth-order valence-electron chi connectivity index (χ4n) is 1.08. The van der Waals surface area contributed by atoms with Crippen molar-refractivity contribution in [1.29, 1.82) is 0 Å². The van der Waals surface area contributed by atoms with Crippen molar-refractivity contribution < 1.29 is 9.53 Å². The molecule has 0 aliphatic rings. The summed E-state index contributed by atoms with van der Waals surface area (Å²) in [5, 5.41) is 2.79. The van der Waals surface area contributed by atoms with Crippen LogP contribution in [0.15, 0.2) is 24.3 Å². The van der Waals surface area contributed by atoms with E-state index in [9.17, 15) is 4.79 Å². The Bertz CT molecular complexity index is 285. The standard InChI is InChI=1S/C12H16NO2/c1-2-12(14)13-9-6-10-15-11-7-4-3-5-8-11/h4-5,7-8H,2,6,9-10H2,1H3,(H,13,14). The molecule has 1 amide bonds. The van der Waals surface area contributed by atoms with Gasteiger partial charge in [0.05, 0.1) is 6.61 Å². The molecule has 0 saturated heterocycles. The summed E-state index contributed by atoms with van der Waals surface area (Å²) in [5.74, 6) is 0.930. The highest BCUT2D eigenvalue weighted by atomic mass is 16.5. The number of nitrogens with one attached hydrogen (secondary N) is 1. The minimum atomic E-state index is 0.0873. The molecule has 0 unspecified atom stereocenters. The molecule has 3 heteroatoms. The van der Waals surface area contributed by atoms with Crippen molar-refractivity contribution in [1.82, 2.24) is 5.32 Å². The van der Waals surface area contributed by atoms with E-state index >= 15 is 0 Å². The van der Waals surface area contributed by atoms with E-state index in [4.69, 9.17) is 4.74 Å². The van der Waals surface area contributed by atoms with Crippen molar-refractivity contribution in [3.05, 3.63) is 30.3 Å². The molecule has 81 valence electrons. The third-order valence-corrected chi connectivity index (χ3v) is 1.92. The monoisotopic (exact) mass is 206 g/mol. The first-order chi connectivity index (χ1) is 7.33. The predicted octanol–water partition coefficient (Wildman–Crippen LogP) is 1.78. The minimum absolute atomic E-state index is 0.0873. The van der Waals surface area contributed by atoms with Crippen molar-refractivity contribution in [2.75, 3.05) is 13.2 Å². The molecule has 1 radical (unpaired) electrons. The highest BCUT2D eigenvalue weighted by molar-refractivity contribution is 5.75. The molecule has 0 saturated carbocycles. The Kier molecular flexibility index (Phi) is 5.30. The van der Waals surface area contributed by atoms with E-state index in [1.807, 2.05) is 31.2 Å². The Morgan fingerprint density at radius 3 is 2.87 bits per heavy atom. The molecule has 1 aromatic carbocycles. The van der Waals surface area contributed by atoms with Crippen LogP contribution in [0.2, 0.25) is 0 Å². The number of hydrogen-bond acceptors (Lipinski definition) is 2. The number of ether oxygens (including phenoxy) is 1. The van der Waals surface area contributed by atoms with E-state index in [2.05, 4.69) is 11.4 Å². The van der Waals surface area contributed by atoms with Crippen LogP contribution in [-0.2, 0) is 4.79 Å². The molecular formula is C12H16NO2. The fraction of sp³-hybridized carbons (Fsp3) is 0.417. The Balaban J connectivity index is 2.05. The zero-order chi connectivity index (χ0) is 10.9. The average molecular weight is 206 g/mol. The van der Waals surface area contributed by atoms with Gasteiger partial charge in [-0.15, -0.1) is 0 Å². The van der Waals surface area contributed by atoms with Crippen LogP contribution < -0.4 is 10.1 Å². The van der Waals surface area contributed by atoms with E-state index in [0.29, 0.717) is 19.6 Å². The second kappa shape index (κ2) is 6.87. The fourth-order valence-corrected chi connectivity index (χ4v) is 1.08. The molecule has 15 heavy (non-hydrogen) atoms. The molecule has 1 N–H and O–H groups in total. The lowest BCUT2D eigenvalue weighted by molar-refractivity contribution is -0.120. The maximum absolute atomic E-state index is 10.9. The number of amides is 1. The summed E-state index contributed by atoms with van der Waals surface area (Å²) in [4.78, 5) is 10.9. The number of hydrogen-bond donors (Lipinski definition) is 1. The van der Waals surface area contributed by atoms with Gasteiger partial charge in [0.25, 0.3) is 0 Å². The highest BCUT2D eigenvalue weighted by Gasteiger charge is 1.95. The van der Waals surface area contributed by atoms with Crippen molar-refractivity contribution in [3.63, 3.8) is 0 Å². The molecular weight excluding hydrogens is 190 g/mol. The van der Waals surface area contributed by atoms with Crippen molar-refractivity contribution >= 4 is 5.91 Å². The lowest BCUT2D eigenvalue weighted by atomic mass is 10.3. The van der Waals surface area contributed by atoms with Crippen LogP contribution in [0.4, 0.5) is 0 Å². The van der Waals surface area contributed by atoms with Crippen LogP contribution in [-0.4, -0.2) is 19.1 Å². The maximum atomic E-state index is 10.9. The molecule has 0 aliphatic carbocycles. The molecule has 1 aromatic rings. The molecule has 0 atom stereocenters. The Hall–Kier alpha value is -1.51. The molecule has 1 rings (SSSR count). The largest absolute Gasteiger partial charge is 0.494 e. The first kappa shape index (κ1) is 11.6. The topological polar surface area (TPSA) is 38.3 Å². The zero-order valence-corrected chi connectivity index (χ0v) is 8.95. The summed E-state index contributed by atoms with van der Waals surface area (Å²) < 4.78 is 5.45. The Morgan fingerprint density at radius 1 is 1.47 bits per heavy atom. The van der Waals surface area contributed by atoms with Crippen LogP contribution in [0, 0.1) is 6.07 Å². The van der Waals surface area contributed by atoms with Crippen LogP contribution >= 0.6 is 0 Å². The van der Waals surface area contributed by atoms with E-state index in [-0.39, 0.29) is 5.91 Å². The smallest absolute Gasteiger partial charge is 0.219 e. The van der Waals surface area contributed by atoms with E-state index < -0.39 is 0 Å². The molecule has 0 heterocycles. The van der Waals surface area contributed by atoms with Gasteiger partial charge in [0, 0.05) is 13.0 Å². The number of rotatable bonds is 6. The number of carbonyl (C=O) groups is 1. The second-order valence-electron chi connectivity index (χ2n) is 3.14. The van der Waals surface area contributed by atoms with E-state index in [1.165, 1.54) is 0 Å². The molecule has 3 nitrogen and oxygen atoms in total. The van der Waals surface area contributed by atoms with Crippen molar-refractivity contribution in [3.8, 4) is 5.75 Å². The van der Waals surface area contributed by atoms with Crippen molar-refractivity contribution in [2.24, 2.45) is 0 Å². The Morgan fingerprint density at radius 2 is 2.20 bits per heavy atom. The summed E-state index contributed by atoms with van der Waals surface area (Å²) in [5.41, 5.74) is 0. The summed E-state index contributed by atoms with van der Waals surface area (Å²) >= 11 is 0. The zero-order valence-electron chi connectivity index (χ0n) is 8.95. The Labute approximate surface area is 90.4 Å². The van der Waals surface area contributed by atoms with Gasteiger partial charge in [0.15, 0.2) is 0 Å². The third-order valence-electron chi connectivity index (χ3n) is 1.92. The summed E-state index contributed by atoms with van der Waals surface area (Å²) in [6.07, 6.45) is 1.36. The summed E-state index contributed by atoms with van der Waals surface area (Å²) in [7, 11) is 0. The van der Waals surface area contributed by atoms with Gasteiger partial charge in [-0.05, 0) is 24.6 Å². The van der Waals surface area contributed by atoms with Gasteiger partial charge < -0.3 is 10.1 Å². The number of benzene rings is 1. The van der Waals surface area contributed by atoms with Crippen LogP contribution in [0.3, 0.4) is 0 Å². The van der Waals surface area contributed by atoms with Crippen LogP contribution in [0.1, 0.15) is 19.8 Å². The first-order valence-electron chi connectivity index (χ1n) is 5.18. The normalized spacial score (nSPS) is 9.67. The van der Waals surface area contributed by atoms with Gasteiger partial charge in [-0.25, -0.2) is 0 Å². The molecule has 0 fully saturated rings. The lowest BCUT2D eigenvalue weighted by Gasteiger charge is -2.06. The third kappa shape index (κ3) is 5.05. The summed E-state index contributed by atoms with van der Waals surface area (Å²) in [6.45, 7) is 3.13. The first-order valence-corrected chi connectivity index (χ1v) is 5.18. The van der Waals surface area contributed by atoms with Crippen molar-refractivity contribution in [2.45, 2.75) is 19.8 Å². The maximum Gasteiger partial charge on any atom is 0.219 e. The average Bonchev–Trinajstić information content (AvgIpc) is 2.29. The molecule has 0 bridgehead atoms. The van der Waals surface area contributed by atoms with Gasteiger partial charge in [-0.1, -0.05) is 19.1 Å². The quantitative estimate of drug-likeness (QED) is 0.720. The van der Waals surface area contributed by atoms with E-state index in [1.54, 1.807) is 0 Å². The van der Waals surface area contributed by atoms with Gasteiger partial charge in [-0.3, -0.25) is 4.79 Å². The van der Waals surface area contributed by atoms with E-state index in [0.717, 1.165) is 12.2 Å². The van der Waals surface area contributed by atoms with Crippen LogP contribution in [0.25, 0.3) is 0 Å². The highest BCUT2D eigenvalue weighted by Crippen LogP contribution is 2.07. The lowest BCUT2D eigenvalue weighted by Crippen LogP contribution is -2.24. The second-order valence-corrected chi connectivity index (χ2v) is 3.14. The number of carbonyl (C=O) groups excluding carboxylic acids is 1. The minimum Gasteiger partial charge on any atom is -0.494 e. The van der Waals surface area contributed by atoms with Gasteiger partial charge in [0.2, 0.25) is 5.91 Å². The molecule has 0 spiro atoms.